The quantitative estimate of drug-likeness (QED) is 0.619. The van der Waals surface area contributed by atoms with Crippen LogP contribution in [0.4, 0.5) is 4.79 Å². The fraction of sp³-hybridized carbons (Fsp3) is 0.316. The average molecular weight is 456 g/mol. The number of hydrogen-bond donors (Lipinski definition) is 2. The van der Waals surface area contributed by atoms with Crippen LogP contribution in [-0.4, -0.2) is 38.4 Å². The summed E-state index contributed by atoms with van der Waals surface area (Å²) in [5.41, 5.74) is 0. The lowest BCUT2D eigenvalue weighted by molar-refractivity contribution is 0.0918. The van der Waals surface area contributed by atoms with Crippen molar-refractivity contribution in [2.75, 3.05) is 26.3 Å². The summed E-state index contributed by atoms with van der Waals surface area (Å²) in [7, 11) is 0. The summed E-state index contributed by atoms with van der Waals surface area (Å²) in [6, 6.07) is 12.7. The Hall–Kier alpha value is -2.12. The highest BCUT2D eigenvalue weighted by Gasteiger charge is 2.20. The first-order valence-electron chi connectivity index (χ1n) is 8.60. The van der Waals surface area contributed by atoms with Crippen LogP contribution in [0.5, 0.6) is 17.2 Å². The van der Waals surface area contributed by atoms with Gasteiger partial charge in [-0.25, -0.2) is 4.79 Å². The van der Waals surface area contributed by atoms with E-state index in [2.05, 4.69) is 26.6 Å². The maximum absolute atomic E-state index is 11.9. The van der Waals surface area contributed by atoms with Crippen LogP contribution >= 0.6 is 27.5 Å². The zero-order valence-electron chi connectivity index (χ0n) is 14.5. The topological polar surface area (TPSA) is 68.8 Å². The molecule has 2 N–H and O–H groups in total. The van der Waals surface area contributed by atoms with Crippen molar-refractivity contribution in [3.05, 3.63) is 52.0 Å². The molecule has 0 radical (unpaired) electrons. The molecule has 2 aromatic carbocycles. The van der Waals surface area contributed by atoms with Gasteiger partial charge >= 0.3 is 6.03 Å². The molecule has 2 aromatic rings. The Morgan fingerprint density at radius 2 is 2.04 bits per heavy atom. The Labute approximate surface area is 171 Å². The number of nitrogens with one attached hydrogen (secondary N) is 2. The fourth-order valence-electron chi connectivity index (χ4n) is 2.48. The van der Waals surface area contributed by atoms with Crippen LogP contribution in [0.1, 0.15) is 6.42 Å². The molecule has 8 heteroatoms. The smallest absolute Gasteiger partial charge is 0.314 e. The van der Waals surface area contributed by atoms with Crippen molar-refractivity contribution in [1.82, 2.24) is 10.6 Å². The molecule has 0 spiro atoms. The van der Waals surface area contributed by atoms with E-state index >= 15 is 0 Å². The SMILES string of the molecule is O=C(NCCCOc1ccc(Br)cc1Cl)NCC1COc2ccccc2O1. The molecule has 1 aliphatic heterocycles. The molecule has 0 aromatic heterocycles. The Balaban J connectivity index is 1.29. The first-order chi connectivity index (χ1) is 13.1. The second-order valence-electron chi connectivity index (χ2n) is 5.91. The van der Waals surface area contributed by atoms with Crippen molar-refractivity contribution < 1.29 is 19.0 Å². The molecule has 0 aliphatic carbocycles. The van der Waals surface area contributed by atoms with Crippen LogP contribution < -0.4 is 24.8 Å². The van der Waals surface area contributed by atoms with Gasteiger partial charge in [0.2, 0.25) is 0 Å². The summed E-state index contributed by atoms with van der Waals surface area (Å²) in [5, 5.41) is 6.12. The summed E-state index contributed by atoms with van der Waals surface area (Å²) in [6.45, 7) is 1.72. The maximum Gasteiger partial charge on any atom is 0.314 e. The lowest BCUT2D eigenvalue weighted by atomic mass is 10.2. The van der Waals surface area contributed by atoms with E-state index in [4.69, 9.17) is 25.8 Å². The number of halogens is 2. The molecule has 0 saturated carbocycles. The molecule has 1 atom stereocenters. The highest BCUT2D eigenvalue weighted by molar-refractivity contribution is 9.10. The third kappa shape index (κ3) is 5.94. The van der Waals surface area contributed by atoms with E-state index in [9.17, 15) is 4.79 Å². The summed E-state index contributed by atoms with van der Waals surface area (Å²) in [4.78, 5) is 11.9. The number of carbonyl (C=O) groups excluding carboxylic acids is 1. The van der Waals surface area contributed by atoms with Gasteiger partial charge in [0.1, 0.15) is 12.4 Å². The van der Waals surface area contributed by atoms with E-state index in [0.717, 1.165) is 10.2 Å². The third-order valence-corrected chi connectivity index (χ3v) is 4.60. The molecule has 2 amide bonds. The van der Waals surface area contributed by atoms with E-state index in [0.29, 0.717) is 49.2 Å². The molecule has 0 bridgehead atoms. The van der Waals surface area contributed by atoms with Crippen LogP contribution in [0.15, 0.2) is 46.9 Å². The van der Waals surface area contributed by atoms with Gasteiger partial charge in [0.15, 0.2) is 17.6 Å². The van der Waals surface area contributed by atoms with Gasteiger partial charge in [-0.2, -0.15) is 0 Å². The van der Waals surface area contributed by atoms with E-state index in [1.165, 1.54) is 0 Å². The monoisotopic (exact) mass is 454 g/mol. The normalized spacial score (nSPS) is 15.1. The van der Waals surface area contributed by atoms with Gasteiger partial charge in [0.25, 0.3) is 0 Å². The molecule has 1 heterocycles. The number of benzene rings is 2. The van der Waals surface area contributed by atoms with Crippen molar-refractivity contribution in [2.24, 2.45) is 0 Å². The van der Waals surface area contributed by atoms with Crippen LogP contribution in [0.3, 0.4) is 0 Å². The molecule has 0 fully saturated rings. The van der Waals surface area contributed by atoms with Crippen LogP contribution in [0, 0.1) is 0 Å². The molecule has 144 valence electrons. The first-order valence-corrected chi connectivity index (χ1v) is 9.77. The Kier molecular flexibility index (Phi) is 7.06. The zero-order valence-corrected chi connectivity index (χ0v) is 16.9. The highest BCUT2D eigenvalue weighted by Crippen LogP contribution is 2.30. The molecule has 6 nitrogen and oxygen atoms in total. The van der Waals surface area contributed by atoms with E-state index in [1.807, 2.05) is 30.3 Å². The molecule has 1 unspecified atom stereocenters. The van der Waals surface area contributed by atoms with Gasteiger partial charge in [-0.3, -0.25) is 0 Å². The third-order valence-electron chi connectivity index (χ3n) is 3.82. The predicted octanol–water partition coefficient (Wildman–Crippen LogP) is 4.01. The first kappa shape index (κ1) is 19.6. The fourth-order valence-corrected chi connectivity index (χ4v) is 3.21. The van der Waals surface area contributed by atoms with Crippen molar-refractivity contribution in [3.63, 3.8) is 0 Å². The van der Waals surface area contributed by atoms with Crippen LogP contribution in [0.2, 0.25) is 5.02 Å². The van der Waals surface area contributed by atoms with Gasteiger partial charge in [-0.05, 0) is 36.8 Å². The number of ether oxygens (including phenoxy) is 3. The summed E-state index contributed by atoms with van der Waals surface area (Å²) in [5.74, 6) is 2.04. The van der Waals surface area contributed by atoms with Gasteiger partial charge in [-0.1, -0.05) is 39.7 Å². The lowest BCUT2D eigenvalue weighted by Gasteiger charge is -2.26. The Morgan fingerprint density at radius 3 is 2.85 bits per heavy atom. The molecular formula is C19H20BrClN2O4. The minimum absolute atomic E-state index is 0.214. The standard InChI is InChI=1S/C19H20BrClN2O4/c20-13-6-7-16(15(21)10-13)25-9-3-8-22-19(24)23-11-14-12-26-17-4-1-2-5-18(17)27-14/h1-2,4-7,10,14H,3,8-9,11-12H2,(H2,22,23,24). The van der Waals surface area contributed by atoms with Crippen LogP contribution in [-0.2, 0) is 0 Å². The highest BCUT2D eigenvalue weighted by atomic mass is 79.9. The average Bonchev–Trinajstić information content (AvgIpc) is 2.67. The number of hydrogen-bond acceptors (Lipinski definition) is 4. The van der Waals surface area contributed by atoms with Crippen molar-refractivity contribution in [1.29, 1.82) is 0 Å². The van der Waals surface area contributed by atoms with Gasteiger partial charge < -0.3 is 24.8 Å². The summed E-state index contributed by atoms with van der Waals surface area (Å²) < 4.78 is 17.9. The maximum atomic E-state index is 11.9. The van der Waals surface area contributed by atoms with Crippen molar-refractivity contribution >= 4 is 33.6 Å². The van der Waals surface area contributed by atoms with Gasteiger partial charge in [-0.15, -0.1) is 0 Å². The molecule has 1 aliphatic rings. The number of amides is 2. The van der Waals surface area contributed by atoms with Gasteiger partial charge in [0, 0.05) is 11.0 Å². The number of fused-ring (bicyclic) bond motifs is 1. The minimum atomic E-state index is -0.251. The van der Waals surface area contributed by atoms with Crippen molar-refractivity contribution in [3.8, 4) is 17.2 Å². The molecule has 0 saturated heterocycles. The van der Waals surface area contributed by atoms with Crippen LogP contribution in [0.25, 0.3) is 0 Å². The van der Waals surface area contributed by atoms with E-state index in [-0.39, 0.29) is 12.1 Å². The second kappa shape index (κ2) is 9.71. The molecule has 3 rings (SSSR count). The van der Waals surface area contributed by atoms with Crippen molar-refractivity contribution in [2.45, 2.75) is 12.5 Å². The number of urea groups is 1. The Bertz CT molecular complexity index is 790. The number of rotatable bonds is 7. The lowest BCUT2D eigenvalue weighted by Crippen LogP contribution is -2.44. The minimum Gasteiger partial charge on any atom is -0.492 e. The summed E-state index contributed by atoms with van der Waals surface area (Å²) >= 11 is 9.43. The van der Waals surface area contributed by atoms with E-state index < -0.39 is 0 Å². The molecule has 27 heavy (non-hydrogen) atoms. The Morgan fingerprint density at radius 1 is 1.22 bits per heavy atom. The number of carbonyl (C=O) groups is 1. The van der Waals surface area contributed by atoms with E-state index in [1.54, 1.807) is 12.1 Å². The van der Waals surface area contributed by atoms with Gasteiger partial charge in [0.05, 0.1) is 18.2 Å². The molecular weight excluding hydrogens is 436 g/mol. The summed E-state index contributed by atoms with van der Waals surface area (Å²) in [6.07, 6.45) is 0.449. The number of para-hydroxylation sites is 2. The zero-order chi connectivity index (χ0) is 19.1. The largest absolute Gasteiger partial charge is 0.492 e. The second-order valence-corrected chi connectivity index (χ2v) is 7.23. The predicted molar refractivity (Wildman–Crippen MR) is 107 cm³/mol.